The van der Waals surface area contributed by atoms with Crippen molar-refractivity contribution in [2.24, 2.45) is 5.73 Å². The first-order chi connectivity index (χ1) is 12.1. The first kappa shape index (κ1) is 24.5. The SMILES string of the molecule is CC(O)C(NC(=O)C(N)CS)C(=O)NC(CS)C(=O)NC(CO)C(=O)O. The number of carbonyl (C=O) groups excluding carboxylic acids is 3. The molecule has 0 spiro atoms. The Kier molecular flexibility index (Phi) is 11.2. The summed E-state index contributed by atoms with van der Waals surface area (Å²) in [6.45, 7) is 0.404. The highest BCUT2D eigenvalue weighted by Gasteiger charge is 2.31. The highest BCUT2D eigenvalue weighted by atomic mass is 32.1. The highest BCUT2D eigenvalue weighted by Crippen LogP contribution is 1.99. The molecule has 0 saturated heterocycles. The van der Waals surface area contributed by atoms with E-state index in [-0.39, 0.29) is 11.5 Å². The molecular formula is C13H24N4O7S2. The second-order valence-electron chi connectivity index (χ2n) is 5.34. The molecule has 0 aliphatic heterocycles. The second-order valence-corrected chi connectivity index (χ2v) is 6.07. The van der Waals surface area contributed by atoms with Crippen LogP contribution in [0.15, 0.2) is 0 Å². The molecule has 0 radical (unpaired) electrons. The number of amides is 3. The zero-order valence-corrected chi connectivity index (χ0v) is 15.7. The molecule has 0 aromatic heterocycles. The van der Waals surface area contributed by atoms with Crippen molar-refractivity contribution in [3.8, 4) is 0 Å². The largest absolute Gasteiger partial charge is 0.480 e. The number of aliphatic hydroxyl groups is 2. The molecule has 0 rings (SSSR count). The van der Waals surface area contributed by atoms with Gasteiger partial charge in [0.25, 0.3) is 0 Å². The van der Waals surface area contributed by atoms with Crippen molar-refractivity contribution in [1.82, 2.24) is 16.0 Å². The molecule has 150 valence electrons. The lowest BCUT2D eigenvalue weighted by Crippen LogP contribution is -2.60. The van der Waals surface area contributed by atoms with Gasteiger partial charge in [-0.3, -0.25) is 14.4 Å². The van der Waals surface area contributed by atoms with Crippen molar-refractivity contribution < 1.29 is 34.5 Å². The number of carboxylic acids is 1. The van der Waals surface area contributed by atoms with E-state index in [0.29, 0.717) is 0 Å². The monoisotopic (exact) mass is 412 g/mol. The zero-order valence-electron chi connectivity index (χ0n) is 14.0. The number of carbonyl (C=O) groups is 4. The smallest absolute Gasteiger partial charge is 0.328 e. The average molecular weight is 412 g/mol. The summed E-state index contributed by atoms with van der Waals surface area (Å²) in [7, 11) is 0. The van der Waals surface area contributed by atoms with E-state index < -0.39 is 60.6 Å². The van der Waals surface area contributed by atoms with Crippen molar-refractivity contribution in [2.75, 3.05) is 18.1 Å². The van der Waals surface area contributed by atoms with Gasteiger partial charge in [-0.05, 0) is 6.92 Å². The van der Waals surface area contributed by atoms with E-state index >= 15 is 0 Å². The summed E-state index contributed by atoms with van der Waals surface area (Å²) in [4.78, 5) is 46.9. The van der Waals surface area contributed by atoms with E-state index in [0.717, 1.165) is 0 Å². The maximum Gasteiger partial charge on any atom is 0.328 e. The van der Waals surface area contributed by atoms with E-state index in [4.69, 9.17) is 15.9 Å². The van der Waals surface area contributed by atoms with Crippen LogP contribution in [0.3, 0.4) is 0 Å². The summed E-state index contributed by atoms with van der Waals surface area (Å²) < 4.78 is 0. The number of aliphatic hydroxyl groups excluding tert-OH is 2. The summed E-state index contributed by atoms with van der Waals surface area (Å²) in [6.07, 6.45) is -1.31. The zero-order chi connectivity index (χ0) is 20.4. The number of nitrogens with one attached hydrogen (secondary N) is 3. The van der Waals surface area contributed by atoms with Crippen LogP contribution in [0.2, 0.25) is 0 Å². The summed E-state index contributed by atoms with van der Waals surface area (Å²) in [5.41, 5.74) is 5.48. The van der Waals surface area contributed by atoms with Gasteiger partial charge in [0.15, 0.2) is 0 Å². The van der Waals surface area contributed by atoms with Crippen molar-refractivity contribution in [3.05, 3.63) is 0 Å². The summed E-state index contributed by atoms with van der Waals surface area (Å²) in [5.74, 6) is -4.17. The number of hydrogen-bond acceptors (Lipinski definition) is 9. The van der Waals surface area contributed by atoms with Gasteiger partial charge in [0.2, 0.25) is 17.7 Å². The van der Waals surface area contributed by atoms with E-state index in [1.165, 1.54) is 6.92 Å². The minimum atomic E-state index is -1.55. The molecule has 11 nitrogen and oxygen atoms in total. The van der Waals surface area contributed by atoms with Crippen LogP contribution in [-0.2, 0) is 19.2 Å². The third-order valence-electron chi connectivity index (χ3n) is 3.21. The van der Waals surface area contributed by atoms with Gasteiger partial charge in [-0.2, -0.15) is 25.3 Å². The van der Waals surface area contributed by atoms with E-state index in [9.17, 15) is 24.3 Å². The molecule has 0 saturated carbocycles. The standard InChI is InChI=1S/C13H24N4O7S2/c1-5(19)9(17-10(20)6(14)3-25)12(22)16-8(4-26)11(21)15-7(2-18)13(23)24/h5-9,18-19,25-26H,2-4,14H2,1H3,(H,15,21)(H,16,22)(H,17,20)(H,23,24). The maximum absolute atomic E-state index is 12.3. The fraction of sp³-hybridized carbons (Fsp3) is 0.692. The predicted molar refractivity (Wildman–Crippen MR) is 97.9 cm³/mol. The number of hydrogen-bond donors (Lipinski definition) is 9. The van der Waals surface area contributed by atoms with Crippen LogP contribution in [0.1, 0.15) is 6.92 Å². The molecule has 8 N–H and O–H groups in total. The Morgan fingerprint density at radius 1 is 0.962 bits per heavy atom. The van der Waals surface area contributed by atoms with E-state index in [1.807, 2.05) is 5.32 Å². The van der Waals surface area contributed by atoms with Crippen molar-refractivity contribution in [2.45, 2.75) is 37.2 Å². The van der Waals surface area contributed by atoms with Gasteiger partial charge in [-0.15, -0.1) is 0 Å². The molecular weight excluding hydrogens is 388 g/mol. The Bertz CT molecular complexity index is 521. The lowest BCUT2D eigenvalue weighted by Gasteiger charge is -2.25. The number of carboxylic acid groups (broad SMARTS) is 1. The van der Waals surface area contributed by atoms with Gasteiger partial charge in [-0.25, -0.2) is 4.79 Å². The molecule has 13 heteroatoms. The van der Waals surface area contributed by atoms with Gasteiger partial charge in [-0.1, -0.05) is 0 Å². The molecule has 0 aliphatic rings. The van der Waals surface area contributed by atoms with Gasteiger partial charge >= 0.3 is 5.97 Å². The van der Waals surface area contributed by atoms with Gasteiger partial charge in [0.05, 0.1) is 18.8 Å². The Hall–Kier alpha value is -1.54. The molecule has 0 fully saturated rings. The van der Waals surface area contributed by atoms with Gasteiger partial charge in [0.1, 0.15) is 18.1 Å². The Morgan fingerprint density at radius 2 is 1.50 bits per heavy atom. The fourth-order valence-corrected chi connectivity index (χ4v) is 2.08. The minimum absolute atomic E-state index is 0.0133. The average Bonchev–Trinajstić information content (AvgIpc) is 2.59. The van der Waals surface area contributed by atoms with Crippen LogP contribution in [0, 0.1) is 0 Å². The Labute approximate surface area is 160 Å². The Balaban J connectivity index is 5.04. The van der Waals surface area contributed by atoms with E-state index in [2.05, 4.69) is 35.9 Å². The summed E-state index contributed by atoms with van der Waals surface area (Å²) >= 11 is 7.76. The lowest BCUT2D eigenvalue weighted by atomic mass is 10.1. The number of thiol groups is 2. The molecule has 0 aromatic rings. The van der Waals surface area contributed by atoms with Crippen LogP contribution in [0.5, 0.6) is 0 Å². The number of nitrogens with two attached hydrogens (primary N) is 1. The first-order valence-electron chi connectivity index (χ1n) is 7.49. The number of rotatable bonds is 11. The molecule has 26 heavy (non-hydrogen) atoms. The minimum Gasteiger partial charge on any atom is -0.480 e. The van der Waals surface area contributed by atoms with Crippen molar-refractivity contribution in [3.63, 3.8) is 0 Å². The predicted octanol–water partition coefficient (Wildman–Crippen LogP) is -3.91. The van der Waals surface area contributed by atoms with Crippen LogP contribution in [0.4, 0.5) is 0 Å². The van der Waals surface area contributed by atoms with Crippen LogP contribution < -0.4 is 21.7 Å². The normalized spacial score (nSPS) is 16.5. The van der Waals surface area contributed by atoms with Gasteiger partial charge in [0, 0.05) is 11.5 Å². The second kappa shape index (κ2) is 12.0. The molecule has 0 aromatic carbocycles. The molecule has 0 bridgehead atoms. The van der Waals surface area contributed by atoms with E-state index in [1.54, 1.807) is 0 Å². The Morgan fingerprint density at radius 3 is 1.88 bits per heavy atom. The highest BCUT2D eigenvalue weighted by molar-refractivity contribution is 7.80. The fourth-order valence-electron chi connectivity index (χ4n) is 1.66. The van der Waals surface area contributed by atoms with Gasteiger partial charge < -0.3 is 37.0 Å². The maximum atomic E-state index is 12.3. The third kappa shape index (κ3) is 7.78. The molecule has 5 atom stereocenters. The van der Waals surface area contributed by atoms with Crippen LogP contribution in [-0.4, -0.2) is 87.4 Å². The molecule has 0 aliphatic carbocycles. The topological polar surface area (TPSA) is 191 Å². The lowest BCUT2D eigenvalue weighted by molar-refractivity contribution is -0.143. The quantitative estimate of drug-likeness (QED) is 0.154. The summed E-state index contributed by atoms with van der Waals surface area (Å²) in [6, 6.07) is -5.23. The number of aliphatic carboxylic acids is 1. The molecule has 5 unspecified atom stereocenters. The first-order valence-corrected chi connectivity index (χ1v) is 8.75. The van der Waals surface area contributed by atoms with Crippen molar-refractivity contribution >= 4 is 48.9 Å². The van der Waals surface area contributed by atoms with Crippen LogP contribution in [0.25, 0.3) is 0 Å². The van der Waals surface area contributed by atoms with Crippen molar-refractivity contribution in [1.29, 1.82) is 0 Å². The molecule has 3 amide bonds. The third-order valence-corrected chi connectivity index (χ3v) is 3.97. The van der Waals surface area contributed by atoms with Crippen LogP contribution >= 0.6 is 25.3 Å². The summed E-state index contributed by atoms with van der Waals surface area (Å²) in [5, 5.41) is 33.9. The molecule has 0 heterocycles.